The molecule has 0 N–H and O–H groups in total. The molecule has 2 aromatic rings. The average Bonchev–Trinajstić information content (AvgIpc) is 2.61. The third kappa shape index (κ3) is 5.37. The van der Waals surface area contributed by atoms with E-state index in [4.69, 9.17) is 18.9 Å². The normalized spacial score (nSPS) is 10.9. The predicted octanol–water partition coefficient (Wildman–Crippen LogP) is 3.83. The lowest BCUT2D eigenvalue weighted by Gasteiger charge is -2.13. The van der Waals surface area contributed by atoms with Gasteiger partial charge in [-0.15, -0.1) is 0 Å². The minimum atomic E-state index is -0.731. The van der Waals surface area contributed by atoms with E-state index in [1.165, 1.54) is 26.4 Å². The van der Waals surface area contributed by atoms with Crippen molar-refractivity contribution < 1.29 is 32.5 Å². The number of hydrogen-bond donors (Lipinski definition) is 0. The molecule has 0 fully saturated rings. The topological polar surface area (TPSA) is 54.0 Å². The maximum atomic E-state index is 13.3. The number of ether oxygens (including phenoxy) is 4. The zero-order valence-electron chi connectivity index (χ0n) is 14.3. The van der Waals surface area contributed by atoms with E-state index < -0.39 is 17.4 Å². The summed E-state index contributed by atoms with van der Waals surface area (Å²) >= 11 is 0. The molecule has 0 aliphatic carbocycles. The van der Waals surface area contributed by atoms with Crippen LogP contribution in [-0.2, 0) is 9.47 Å². The van der Waals surface area contributed by atoms with Crippen LogP contribution in [0.15, 0.2) is 42.5 Å². The summed E-state index contributed by atoms with van der Waals surface area (Å²) in [6.07, 6.45) is 2.49. The van der Waals surface area contributed by atoms with Gasteiger partial charge in [-0.25, -0.2) is 8.78 Å². The molecular formula is C19H18F2O5. The number of ketones is 1. The second-order valence-corrected chi connectivity index (χ2v) is 5.13. The van der Waals surface area contributed by atoms with E-state index in [0.29, 0.717) is 0 Å². The molecule has 0 aliphatic rings. The summed E-state index contributed by atoms with van der Waals surface area (Å²) in [7, 11) is 2.90. The van der Waals surface area contributed by atoms with E-state index in [9.17, 15) is 13.6 Å². The zero-order valence-corrected chi connectivity index (χ0v) is 14.3. The SMILES string of the molecule is COCOc1cccc(OCOC)c1C(=O)/C=C/c1cc(F)cc(F)c1. The van der Waals surface area contributed by atoms with E-state index in [1.807, 2.05) is 0 Å². The second kappa shape index (κ2) is 9.65. The summed E-state index contributed by atoms with van der Waals surface area (Å²) in [6.45, 7) is -0.125. The third-order valence-corrected chi connectivity index (χ3v) is 3.21. The number of methoxy groups -OCH3 is 2. The molecule has 0 aliphatic heterocycles. The van der Waals surface area contributed by atoms with E-state index in [2.05, 4.69) is 0 Å². The van der Waals surface area contributed by atoms with Gasteiger partial charge in [0.05, 0.1) is 0 Å². The van der Waals surface area contributed by atoms with Gasteiger partial charge >= 0.3 is 0 Å². The van der Waals surface area contributed by atoms with Gasteiger partial charge in [-0.3, -0.25) is 4.79 Å². The molecule has 2 rings (SSSR count). The Bertz CT molecular complexity index is 743. The number of hydrogen-bond acceptors (Lipinski definition) is 5. The lowest BCUT2D eigenvalue weighted by Crippen LogP contribution is -2.09. The Morgan fingerprint density at radius 1 is 0.962 bits per heavy atom. The molecule has 7 heteroatoms. The molecule has 138 valence electrons. The first-order valence-electron chi connectivity index (χ1n) is 7.60. The van der Waals surface area contributed by atoms with Gasteiger partial charge in [-0.05, 0) is 35.9 Å². The van der Waals surface area contributed by atoms with Crippen LogP contribution in [0.5, 0.6) is 11.5 Å². The molecule has 0 atom stereocenters. The van der Waals surface area contributed by atoms with Crippen molar-refractivity contribution in [1.29, 1.82) is 0 Å². The first-order valence-corrected chi connectivity index (χ1v) is 7.60. The smallest absolute Gasteiger partial charge is 0.193 e. The van der Waals surface area contributed by atoms with E-state index in [1.54, 1.807) is 18.2 Å². The van der Waals surface area contributed by atoms with Gasteiger partial charge in [0.15, 0.2) is 19.4 Å². The Morgan fingerprint density at radius 2 is 1.50 bits per heavy atom. The number of carbonyl (C=O) groups is 1. The van der Waals surface area contributed by atoms with Crippen LogP contribution in [0.25, 0.3) is 6.08 Å². The van der Waals surface area contributed by atoms with Crippen LogP contribution < -0.4 is 9.47 Å². The van der Waals surface area contributed by atoms with Crippen LogP contribution in [0.2, 0.25) is 0 Å². The first kappa shape index (κ1) is 19.6. The maximum absolute atomic E-state index is 13.3. The highest BCUT2D eigenvalue weighted by Gasteiger charge is 2.17. The van der Waals surface area contributed by atoms with Crippen molar-refractivity contribution in [2.75, 3.05) is 27.8 Å². The number of benzene rings is 2. The van der Waals surface area contributed by atoms with Gasteiger partial charge in [0.2, 0.25) is 0 Å². The van der Waals surface area contributed by atoms with Crippen LogP contribution in [0.4, 0.5) is 8.78 Å². The van der Waals surface area contributed by atoms with Gasteiger partial charge in [-0.1, -0.05) is 12.1 Å². The van der Waals surface area contributed by atoms with Crippen molar-refractivity contribution in [3.05, 3.63) is 65.2 Å². The Labute approximate surface area is 149 Å². The summed E-state index contributed by atoms with van der Waals surface area (Å²) in [5, 5.41) is 0. The summed E-state index contributed by atoms with van der Waals surface area (Å²) in [6, 6.07) is 7.80. The lowest BCUT2D eigenvalue weighted by atomic mass is 10.1. The quantitative estimate of drug-likeness (QED) is 0.385. The largest absolute Gasteiger partial charge is 0.467 e. The fraction of sp³-hybridized carbons (Fsp3) is 0.211. The molecule has 0 saturated heterocycles. The molecule has 0 heterocycles. The number of carbonyl (C=O) groups excluding carboxylic acids is 1. The van der Waals surface area contributed by atoms with Crippen molar-refractivity contribution in [1.82, 2.24) is 0 Å². The third-order valence-electron chi connectivity index (χ3n) is 3.21. The van der Waals surface area contributed by atoms with E-state index in [0.717, 1.165) is 18.2 Å². The van der Waals surface area contributed by atoms with Crippen molar-refractivity contribution >= 4 is 11.9 Å². The molecular weight excluding hydrogens is 346 g/mol. The summed E-state index contributed by atoms with van der Waals surface area (Å²) < 4.78 is 47.0. The zero-order chi connectivity index (χ0) is 18.9. The second-order valence-electron chi connectivity index (χ2n) is 5.13. The maximum Gasteiger partial charge on any atom is 0.193 e. The van der Waals surface area contributed by atoms with E-state index >= 15 is 0 Å². The predicted molar refractivity (Wildman–Crippen MR) is 91.2 cm³/mol. The van der Waals surface area contributed by atoms with Crippen molar-refractivity contribution in [3.63, 3.8) is 0 Å². The Balaban J connectivity index is 2.33. The van der Waals surface area contributed by atoms with Crippen molar-refractivity contribution in [3.8, 4) is 11.5 Å². The van der Waals surface area contributed by atoms with Crippen LogP contribution in [-0.4, -0.2) is 33.6 Å². The fourth-order valence-corrected chi connectivity index (χ4v) is 2.17. The van der Waals surface area contributed by atoms with Crippen molar-refractivity contribution in [2.24, 2.45) is 0 Å². The molecule has 0 unspecified atom stereocenters. The Morgan fingerprint density at radius 3 is 2.00 bits per heavy atom. The molecule has 0 aromatic heterocycles. The van der Waals surface area contributed by atoms with Crippen LogP contribution in [0, 0.1) is 11.6 Å². The number of halogens is 2. The average molecular weight is 364 g/mol. The molecule has 26 heavy (non-hydrogen) atoms. The summed E-state index contributed by atoms with van der Waals surface area (Å²) in [4.78, 5) is 12.6. The first-order chi connectivity index (χ1) is 12.5. The van der Waals surface area contributed by atoms with Gasteiger partial charge in [0, 0.05) is 20.3 Å². The van der Waals surface area contributed by atoms with Gasteiger partial charge in [0.1, 0.15) is 28.7 Å². The molecule has 0 amide bonds. The van der Waals surface area contributed by atoms with Crippen LogP contribution in [0.1, 0.15) is 15.9 Å². The molecule has 0 radical (unpaired) electrons. The Hall–Kier alpha value is -2.77. The highest BCUT2D eigenvalue weighted by atomic mass is 19.1. The Kier molecular flexibility index (Phi) is 7.25. The monoisotopic (exact) mass is 364 g/mol. The fourth-order valence-electron chi connectivity index (χ4n) is 2.17. The minimum Gasteiger partial charge on any atom is -0.467 e. The van der Waals surface area contributed by atoms with Crippen LogP contribution in [0.3, 0.4) is 0 Å². The standard InChI is InChI=1S/C19H18F2O5/c1-23-11-25-17-4-3-5-18(26-12-24-2)19(17)16(22)7-6-13-8-14(20)10-15(21)9-13/h3-10H,11-12H2,1-2H3/b7-6+. The van der Waals surface area contributed by atoms with Gasteiger partial charge in [-0.2, -0.15) is 0 Å². The molecule has 0 bridgehead atoms. The highest BCUT2D eigenvalue weighted by Crippen LogP contribution is 2.30. The summed E-state index contributed by atoms with van der Waals surface area (Å²) in [5.74, 6) is -1.43. The molecule has 2 aromatic carbocycles. The molecule has 5 nitrogen and oxygen atoms in total. The molecule has 0 spiro atoms. The van der Waals surface area contributed by atoms with E-state index in [-0.39, 0.29) is 36.2 Å². The minimum absolute atomic E-state index is 0.0627. The summed E-state index contributed by atoms with van der Waals surface area (Å²) in [5.41, 5.74) is 0.361. The molecule has 0 saturated carbocycles. The van der Waals surface area contributed by atoms with Gasteiger partial charge in [0.25, 0.3) is 0 Å². The van der Waals surface area contributed by atoms with Crippen molar-refractivity contribution in [2.45, 2.75) is 0 Å². The van der Waals surface area contributed by atoms with Gasteiger partial charge < -0.3 is 18.9 Å². The number of rotatable bonds is 9. The number of allylic oxidation sites excluding steroid dienone is 1. The lowest BCUT2D eigenvalue weighted by molar-refractivity contribution is 0.0447. The van der Waals surface area contributed by atoms with Crippen LogP contribution >= 0.6 is 0 Å². The highest BCUT2D eigenvalue weighted by molar-refractivity contribution is 6.10.